The van der Waals surface area contributed by atoms with Crippen molar-refractivity contribution < 1.29 is 9.47 Å². The number of hydrogen-bond acceptors (Lipinski definition) is 6. The minimum atomic E-state index is -0.0602. The van der Waals surface area contributed by atoms with Crippen molar-refractivity contribution in [1.82, 2.24) is 15.0 Å². The van der Waals surface area contributed by atoms with Crippen molar-refractivity contribution in [3.05, 3.63) is 28.2 Å². The van der Waals surface area contributed by atoms with Gasteiger partial charge in [-0.15, -0.1) is 4.98 Å². The fourth-order valence-corrected chi connectivity index (χ4v) is 1.69. The molecular weight excluding hydrogens is 315 g/mol. The molecule has 0 fully saturated rings. The van der Waals surface area contributed by atoms with Crippen LogP contribution in [0.4, 0.5) is 5.95 Å². The number of aromatic nitrogens is 3. The molecule has 0 saturated heterocycles. The lowest BCUT2D eigenvalue weighted by Gasteiger charge is -2.10. The van der Waals surface area contributed by atoms with Crippen molar-refractivity contribution in [2.45, 2.75) is 20.0 Å². The summed E-state index contributed by atoms with van der Waals surface area (Å²) in [4.78, 5) is 12.3. The van der Waals surface area contributed by atoms with E-state index in [-0.39, 0.29) is 18.1 Å². The third-order valence-corrected chi connectivity index (χ3v) is 3.00. The highest BCUT2D eigenvalue weighted by atomic mass is 35.5. The first-order valence-corrected chi connectivity index (χ1v) is 6.97. The molecule has 21 heavy (non-hydrogen) atoms. The first kappa shape index (κ1) is 15.6. The maximum Gasteiger partial charge on any atom is 0.330 e. The molecular formula is C13H14Cl2N4O2. The average molecular weight is 329 g/mol. The normalized spacial score (nSPS) is 10.6. The minimum absolute atomic E-state index is 0.0602. The van der Waals surface area contributed by atoms with Crippen molar-refractivity contribution in [2.75, 3.05) is 12.4 Å². The first-order valence-electron chi connectivity index (χ1n) is 6.21. The lowest BCUT2D eigenvalue weighted by molar-refractivity contribution is 0.218. The molecule has 0 spiro atoms. The molecule has 8 heteroatoms. The summed E-state index contributed by atoms with van der Waals surface area (Å²) in [6.07, 6.45) is -0.0602. The Morgan fingerprint density at radius 3 is 2.38 bits per heavy atom. The van der Waals surface area contributed by atoms with Crippen LogP contribution in [0.25, 0.3) is 0 Å². The maximum atomic E-state index is 5.94. The number of hydrogen-bond donors (Lipinski definition) is 1. The quantitative estimate of drug-likeness (QED) is 0.900. The lowest BCUT2D eigenvalue weighted by atomic mass is 10.3. The molecule has 0 amide bonds. The molecule has 0 aliphatic carbocycles. The van der Waals surface area contributed by atoms with Gasteiger partial charge in [-0.3, -0.25) is 0 Å². The van der Waals surface area contributed by atoms with E-state index in [0.29, 0.717) is 21.7 Å². The van der Waals surface area contributed by atoms with Crippen molar-refractivity contribution in [3.8, 4) is 17.8 Å². The second-order valence-electron chi connectivity index (χ2n) is 4.32. The molecule has 1 aromatic carbocycles. The Balaban J connectivity index is 2.27. The van der Waals surface area contributed by atoms with Gasteiger partial charge in [0.15, 0.2) is 0 Å². The molecule has 0 saturated carbocycles. The number of rotatable bonds is 5. The second-order valence-corrected chi connectivity index (χ2v) is 5.13. The van der Waals surface area contributed by atoms with Crippen molar-refractivity contribution in [3.63, 3.8) is 0 Å². The van der Waals surface area contributed by atoms with E-state index in [4.69, 9.17) is 32.7 Å². The Bertz CT molecular complexity index is 638. The number of halogens is 2. The molecule has 6 nitrogen and oxygen atoms in total. The third-order valence-electron chi connectivity index (χ3n) is 2.26. The topological polar surface area (TPSA) is 69.2 Å². The van der Waals surface area contributed by atoms with E-state index >= 15 is 0 Å². The Labute approximate surface area is 132 Å². The van der Waals surface area contributed by atoms with Crippen molar-refractivity contribution in [1.29, 1.82) is 0 Å². The molecule has 2 aromatic rings. The molecule has 0 radical (unpaired) electrons. The highest BCUT2D eigenvalue weighted by Gasteiger charge is 2.11. The predicted molar refractivity (Wildman–Crippen MR) is 81.7 cm³/mol. The van der Waals surface area contributed by atoms with Gasteiger partial charge in [-0.2, -0.15) is 9.97 Å². The summed E-state index contributed by atoms with van der Waals surface area (Å²) in [5, 5.41) is 3.65. The fourth-order valence-electron chi connectivity index (χ4n) is 1.40. The van der Waals surface area contributed by atoms with Crippen LogP contribution in [0.15, 0.2) is 18.2 Å². The van der Waals surface area contributed by atoms with Crippen LogP contribution in [-0.2, 0) is 0 Å². The first-order chi connectivity index (χ1) is 9.97. The van der Waals surface area contributed by atoms with Gasteiger partial charge in [0.1, 0.15) is 5.75 Å². The Morgan fingerprint density at radius 2 is 1.76 bits per heavy atom. The summed E-state index contributed by atoms with van der Waals surface area (Å²) in [7, 11) is 1.69. The Kier molecular flexibility index (Phi) is 5.03. The number of nitrogens with one attached hydrogen (secondary N) is 1. The number of nitrogens with zero attached hydrogens (tertiary/aromatic N) is 3. The highest BCUT2D eigenvalue weighted by molar-refractivity contribution is 6.42. The molecule has 1 heterocycles. The van der Waals surface area contributed by atoms with Gasteiger partial charge in [0.2, 0.25) is 5.95 Å². The summed E-state index contributed by atoms with van der Waals surface area (Å²) in [6, 6.07) is 5.16. The monoisotopic (exact) mass is 328 g/mol. The van der Waals surface area contributed by atoms with Gasteiger partial charge in [-0.25, -0.2) is 0 Å². The van der Waals surface area contributed by atoms with Crippen LogP contribution in [0, 0.1) is 0 Å². The van der Waals surface area contributed by atoms with Crippen molar-refractivity contribution >= 4 is 29.2 Å². The van der Waals surface area contributed by atoms with Crippen LogP contribution in [-0.4, -0.2) is 28.1 Å². The zero-order chi connectivity index (χ0) is 15.4. The van der Waals surface area contributed by atoms with E-state index < -0.39 is 0 Å². The maximum absolute atomic E-state index is 5.94. The SMILES string of the molecule is CNc1nc(Oc2ccc(Cl)c(Cl)c2)nc(OC(C)C)n1. The summed E-state index contributed by atoms with van der Waals surface area (Å²) >= 11 is 11.8. The molecule has 112 valence electrons. The van der Waals surface area contributed by atoms with Crippen LogP contribution < -0.4 is 14.8 Å². The lowest BCUT2D eigenvalue weighted by Crippen LogP contribution is -2.11. The van der Waals surface area contributed by atoms with Gasteiger partial charge in [-0.05, 0) is 26.0 Å². The fraction of sp³-hybridized carbons (Fsp3) is 0.308. The van der Waals surface area contributed by atoms with Crippen LogP contribution >= 0.6 is 23.2 Å². The minimum Gasteiger partial charge on any atom is -0.461 e. The third kappa shape index (κ3) is 4.34. The summed E-state index contributed by atoms with van der Waals surface area (Å²) in [5.74, 6) is 0.809. The van der Waals surface area contributed by atoms with Crippen molar-refractivity contribution in [2.24, 2.45) is 0 Å². The van der Waals surface area contributed by atoms with Gasteiger partial charge in [0, 0.05) is 13.1 Å². The van der Waals surface area contributed by atoms with E-state index in [1.54, 1.807) is 25.2 Å². The van der Waals surface area contributed by atoms with E-state index in [1.165, 1.54) is 0 Å². The molecule has 1 N–H and O–H groups in total. The summed E-state index contributed by atoms with van der Waals surface area (Å²) in [6.45, 7) is 3.75. The Morgan fingerprint density at radius 1 is 1.05 bits per heavy atom. The second kappa shape index (κ2) is 6.78. The summed E-state index contributed by atoms with van der Waals surface area (Å²) in [5.41, 5.74) is 0. The molecule has 0 unspecified atom stereocenters. The van der Waals surface area contributed by atoms with E-state index in [2.05, 4.69) is 20.3 Å². The average Bonchev–Trinajstić information content (AvgIpc) is 2.42. The molecule has 0 aliphatic rings. The van der Waals surface area contributed by atoms with Crippen LogP contribution in [0.2, 0.25) is 10.0 Å². The Hall–Kier alpha value is -1.79. The van der Waals surface area contributed by atoms with Gasteiger partial charge in [0.25, 0.3) is 0 Å². The largest absolute Gasteiger partial charge is 0.461 e. The smallest absolute Gasteiger partial charge is 0.330 e. The van der Waals surface area contributed by atoms with Gasteiger partial charge in [0.05, 0.1) is 16.1 Å². The molecule has 0 aliphatic heterocycles. The number of ether oxygens (including phenoxy) is 2. The van der Waals surface area contributed by atoms with Crippen LogP contribution in [0.3, 0.4) is 0 Å². The number of anilines is 1. The van der Waals surface area contributed by atoms with E-state index in [1.807, 2.05) is 13.8 Å². The summed E-state index contributed by atoms with van der Waals surface area (Å²) < 4.78 is 11.0. The zero-order valence-electron chi connectivity index (χ0n) is 11.7. The van der Waals surface area contributed by atoms with Gasteiger partial charge >= 0.3 is 12.0 Å². The van der Waals surface area contributed by atoms with Gasteiger partial charge < -0.3 is 14.8 Å². The van der Waals surface area contributed by atoms with E-state index in [0.717, 1.165) is 0 Å². The molecule has 2 rings (SSSR count). The molecule has 1 aromatic heterocycles. The predicted octanol–water partition coefficient (Wildman–Crippen LogP) is 3.80. The highest BCUT2D eigenvalue weighted by Crippen LogP contribution is 2.28. The standard InChI is InChI=1S/C13H14Cl2N4O2/c1-7(2)20-12-17-11(16-3)18-13(19-12)21-8-4-5-9(14)10(15)6-8/h4-7H,1-3H3,(H,16,17,18,19). The molecule has 0 atom stereocenters. The molecule has 0 bridgehead atoms. The zero-order valence-corrected chi connectivity index (χ0v) is 13.2. The van der Waals surface area contributed by atoms with E-state index in [9.17, 15) is 0 Å². The number of benzene rings is 1. The van der Waals surface area contributed by atoms with Crippen LogP contribution in [0.1, 0.15) is 13.8 Å². The van der Waals surface area contributed by atoms with Crippen LogP contribution in [0.5, 0.6) is 17.8 Å². The van der Waals surface area contributed by atoms with Gasteiger partial charge in [-0.1, -0.05) is 23.2 Å².